The van der Waals surface area contributed by atoms with Gasteiger partial charge in [0.1, 0.15) is 5.82 Å². The molecular weight excluding hydrogens is 210 g/mol. The molecule has 0 amide bonds. The van der Waals surface area contributed by atoms with Crippen molar-refractivity contribution < 1.29 is 0 Å². The summed E-state index contributed by atoms with van der Waals surface area (Å²) in [6, 6.07) is 10.2. The Morgan fingerprint density at radius 1 is 1.18 bits per heavy atom. The van der Waals surface area contributed by atoms with Crippen molar-refractivity contribution in [3.8, 4) is 0 Å². The van der Waals surface area contributed by atoms with Gasteiger partial charge in [0.15, 0.2) is 0 Å². The van der Waals surface area contributed by atoms with Crippen molar-refractivity contribution in [3.05, 3.63) is 60.1 Å². The normalized spacial score (nSPS) is 10.6. The van der Waals surface area contributed by atoms with Crippen molar-refractivity contribution in [1.82, 2.24) is 9.97 Å². The van der Waals surface area contributed by atoms with Crippen LogP contribution in [0.4, 0.5) is 5.82 Å². The lowest BCUT2D eigenvalue weighted by atomic mass is 10.2. The molecule has 2 rings (SSSR count). The quantitative estimate of drug-likeness (QED) is 0.869. The van der Waals surface area contributed by atoms with E-state index in [1.54, 1.807) is 12.4 Å². The minimum absolute atomic E-state index is 0.743. The highest BCUT2D eigenvalue weighted by molar-refractivity contribution is 5.49. The van der Waals surface area contributed by atoms with Crippen molar-refractivity contribution in [2.45, 2.75) is 6.92 Å². The molecule has 3 heteroatoms. The molecule has 0 atom stereocenters. The third-order valence-electron chi connectivity index (χ3n) is 2.27. The summed E-state index contributed by atoms with van der Waals surface area (Å²) < 4.78 is 0. The van der Waals surface area contributed by atoms with Gasteiger partial charge in [-0.1, -0.05) is 42.5 Å². The minimum Gasteiger partial charge on any atom is -0.365 e. The Bertz CT molecular complexity index is 492. The number of aromatic nitrogens is 2. The van der Waals surface area contributed by atoms with Crippen LogP contribution in [-0.4, -0.2) is 16.5 Å². The van der Waals surface area contributed by atoms with E-state index in [4.69, 9.17) is 0 Å². The van der Waals surface area contributed by atoms with Gasteiger partial charge in [-0.25, -0.2) is 4.98 Å². The Morgan fingerprint density at radius 3 is 2.76 bits per heavy atom. The average Bonchev–Trinajstić information content (AvgIpc) is 2.36. The van der Waals surface area contributed by atoms with E-state index in [2.05, 4.69) is 39.6 Å². The van der Waals surface area contributed by atoms with Crippen LogP contribution in [0.15, 0.2) is 48.8 Å². The SMILES string of the molecule is Cc1cncc(NC/C=C/c2ccccc2)n1. The van der Waals surface area contributed by atoms with E-state index in [0.29, 0.717) is 0 Å². The Labute approximate surface area is 101 Å². The predicted molar refractivity (Wildman–Crippen MR) is 70.7 cm³/mol. The van der Waals surface area contributed by atoms with Crippen LogP contribution < -0.4 is 5.32 Å². The zero-order valence-electron chi connectivity index (χ0n) is 9.80. The molecule has 2 aromatic rings. The fraction of sp³-hybridized carbons (Fsp3) is 0.143. The fourth-order valence-electron chi connectivity index (χ4n) is 1.47. The van der Waals surface area contributed by atoms with Gasteiger partial charge < -0.3 is 5.32 Å². The summed E-state index contributed by atoms with van der Waals surface area (Å²) in [5.41, 5.74) is 2.12. The topological polar surface area (TPSA) is 37.8 Å². The van der Waals surface area contributed by atoms with E-state index >= 15 is 0 Å². The monoisotopic (exact) mass is 225 g/mol. The van der Waals surface area contributed by atoms with Crippen LogP contribution in [0.1, 0.15) is 11.3 Å². The molecule has 1 aromatic heterocycles. The number of nitrogens with zero attached hydrogens (tertiary/aromatic N) is 2. The molecule has 0 aliphatic carbocycles. The molecule has 0 saturated heterocycles. The predicted octanol–water partition coefficient (Wildman–Crippen LogP) is 2.91. The summed E-state index contributed by atoms with van der Waals surface area (Å²) in [4.78, 5) is 8.38. The molecule has 0 spiro atoms. The van der Waals surface area contributed by atoms with Gasteiger partial charge in [-0.15, -0.1) is 0 Å². The molecule has 17 heavy (non-hydrogen) atoms. The molecule has 0 saturated carbocycles. The number of hydrogen-bond acceptors (Lipinski definition) is 3. The van der Waals surface area contributed by atoms with E-state index in [1.807, 2.05) is 25.1 Å². The average molecular weight is 225 g/mol. The first-order chi connectivity index (χ1) is 8.34. The van der Waals surface area contributed by atoms with E-state index in [0.717, 1.165) is 18.1 Å². The lowest BCUT2D eigenvalue weighted by Gasteiger charge is -2.01. The largest absolute Gasteiger partial charge is 0.365 e. The van der Waals surface area contributed by atoms with Gasteiger partial charge in [0, 0.05) is 12.7 Å². The summed E-state index contributed by atoms with van der Waals surface area (Å²) in [6.45, 7) is 2.67. The van der Waals surface area contributed by atoms with Gasteiger partial charge in [0.05, 0.1) is 11.9 Å². The van der Waals surface area contributed by atoms with Gasteiger partial charge in [0.25, 0.3) is 0 Å². The summed E-state index contributed by atoms with van der Waals surface area (Å²) in [5.74, 6) is 0.808. The van der Waals surface area contributed by atoms with Gasteiger partial charge in [-0.2, -0.15) is 0 Å². The van der Waals surface area contributed by atoms with E-state index in [9.17, 15) is 0 Å². The van der Waals surface area contributed by atoms with Gasteiger partial charge in [-0.3, -0.25) is 4.98 Å². The Hall–Kier alpha value is -2.16. The molecule has 0 bridgehead atoms. The maximum absolute atomic E-state index is 4.31. The van der Waals surface area contributed by atoms with Crippen LogP contribution in [0, 0.1) is 6.92 Å². The number of aryl methyl sites for hydroxylation is 1. The summed E-state index contributed by atoms with van der Waals surface area (Å²) >= 11 is 0. The lowest BCUT2D eigenvalue weighted by molar-refractivity contribution is 1.10. The molecule has 1 aromatic carbocycles. The molecule has 0 unspecified atom stereocenters. The van der Waals surface area contributed by atoms with Crippen LogP contribution in [0.5, 0.6) is 0 Å². The maximum Gasteiger partial charge on any atom is 0.145 e. The van der Waals surface area contributed by atoms with E-state index in [1.165, 1.54) is 5.56 Å². The van der Waals surface area contributed by atoms with Crippen molar-refractivity contribution in [2.75, 3.05) is 11.9 Å². The highest BCUT2D eigenvalue weighted by atomic mass is 15.0. The third-order valence-corrected chi connectivity index (χ3v) is 2.27. The first-order valence-electron chi connectivity index (χ1n) is 5.59. The molecule has 0 aliphatic heterocycles. The second-order valence-corrected chi connectivity index (χ2v) is 3.74. The van der Waals surface area contributed by atoms with Crippen LogP contribution >= 0.6 is 0 Å². The molecule has 1 heterocycles. The van der Waals surface area contributed by atoms with Gasteiger partial charge in [-0.05, 0) is 12.5 Å². The highest BCUT2D eigenvalue weighted by Gasteiger charge is 1.91. The van der Waals surface area contributed by atoms with Crippen molar-refractivity contribution in [3.63, 3.8) is 0 Å². The Morgan fingerprint density at radius 2 is 2.00 bits per heavy atom. The van der Waals surface area contributed by atoms with Crippen LogP contribution in [-0.2, 0) is 0 Å². The minimum atomic E-state index is 0.743. The number of rotatable bonds is 4. The molecule has 86 valence electrons. The molecule has 0 radical (unpaired) electrons. The molecule has 3 nitrogen and oxygen atoms in total. The van der Waals surface area contributed by atoms with Gasteiger partial charge in [0.2, 0.25) is 0 Å². The molecule has 1 N–H and O–H groups in total. The summed E-state index contributed by atoms with van der Waals surface area (Å²) in [7, 11) is 0. The zero-order chi connectivity index (χ0) is 11.9. The summed E-state index contributed by atoms with van der Waals surface area (Å²) in [5, 5.41) is 3.20. The van der Waals surface area contributed by atoms with Gasteiger partial charge >= 0.3 is 0 Å². The van der Waals surface area contributed by atoms with Crippen LogP contribution in [0.3, 0.4) is 0 Å². The van der Waals surface area contributed by atoms with Crippen LogP contribution in [0.2, 0.25) is 0 Å². The molecular formula is C14H15N3. The number of benzene rings is 1. The second kappa shape index (κ2) is 5.80. The lowest BCUT2D eigenvalue weighted by Crippen LogP contribution is -2.01. The first kappa shape index (κ1) is 11.3. The smallest absolute Gasteiger partial charge is 0.145 e. The molecule has 0 fully saturated rings. The maximum atomic E-state index is 4.31. The standard InChI is InChI=1S/C14H15N3/c1-12-10-15-11-14(17-12)16-9-5-8-13-6-3-2-4-7-13/h2-8,10-11H,9H2,1H3,(H,16,17)/b8-5+. The van der Waals surface area contributed by atoms with Crippen LogP contribution in [0.25, 0.3) is 6.08 Å². The first-order valence-corrected chi connectivity index (χ1v) is 5.59. The molecule has 0 aliphatic rings. The Kier molecular flexibility index (Phi) is 3.86. The zero-order valence-corrected chi connectivity index (χ0v) is 9.80. The van der Waals surface area contributed by atoms with E-state index < -0.39 is 0 Å². The second-order valence-electron chi connectivity index (χ2n) is 3.74. The van der Waals surface area contributed by atoms with Crippen molar-refractivity contribution in [1.29, 1.82) is 0 Å². The number of anilines is 1. The Balaban J connectivity index is 1.86. The number of nitrogens with one attached hydrogen (secondary N) is 1. The van der Waals surface area contributed by atoms with Crippen molar-refractivity contribution in [2.24, 2.45) is 0 Å². The van der Waals surface area contributed by atoms with Crippen molar-refractivity contribution >= 4 is 11.9 Å². The number of hydrogen-bond donors (Lipinski definition) is 1. The highest BCUT2D eigenvalue weighted by Crippen LogP contribution is 2.02. The third kappa shape index (κ3) is 3.72. The summed E-state index contributed by atoms with van der Waals surface area (Å²) in [6.07, 6.45) is 7.61. The van der Waals surface area contributed by atoms with E-state index in [-0.39, 0.29) is 0 Å². The fourth-order valence-corrected chi connectivity index (χ4v) is 1.47.